The number of aryl methyl sites for hydroxylation is 2. The first-order valence-corrected chi connectivity index (χ1v) is 10.3. The molecule has 0 aliphatic carbocycles. The summed E-state index contributed by atoms with van der Waals surface area (Å²) in [7, 11) is 2.13. The molecule has 152 valence electrons. The van der Waals surface area contributed by atoms with Gasteiger partial charge in [-0.15, -0.1) is 5.10 Å². The molecule has 1 aromatic heterocycles. The second-order valence-corrected chi connectivity index (χ2v) is 7.63. The Labute approximate surface area is 178 Å². The number of hydrogen-bond acceptors (Lipinski definition) is 4. The number of benzene rings is 3. The van der Waals surface area contributed by atoms with Crippen LogP contribution in [0.25, 0.3) is 5.69 Å². The SMILES string of the molecule is CCc1ccc(CN(C)C(c2ccccc2)c2nnnn2-c2ccccc2C)cc1. The predicted octanol–water partition coefficient (Wildman–Crippen LogP) is 4.75. The second kappa shape index (κ2) is 9.01. The lowest BCUT2D eigenvalue weighted by molar-refractivity contribution is 0.258. The van der Waals surface area contributed by atoms with Crippen molar-refractivity contribution in [2.24, 2.45) is 0 Å². The standard InChI is InChI=1S/C25H27N5/c1-4-20-14-16-21(17-15-20)18-29(3)24(22-11-6-5-7-12-22)25-26-27-28-30(25)23-13-9-8-10-19(23)2/h5-17,24H,4,18H2,1-3H3. The van der Waals surface area contributed by atoms with Crippen molar-refractivity contribution in [1.29, 1.82) is 0 Å². The second-order valence-electron chi connectivity index (χ2n) is 7.63. The molecule has 1 heterocycles. The molecule has 0 N–H and O–H groups in total. The molecule has 0 bridgehead atoms. The Balaban J connectivity index is 1.73. The Kier molecular flexibility index (Phi) is 6.00. The monoisotopic (exact) mass is 397 g/mol. The smallest absolute Gasteiger partial charge is 0.178 e. The summed E-state index contributed by atoms with van der Waals surface area (Å²) in [4.78, 5) is 2.30. The number of nitrogens with zero attached hydrogens (tertiary/aromatic N) is 5. The molecule has 3 aromatic carbocycles. The summed E-state index contributed by atoms with van der Waals surface area (Å²) >= 11 is 0. The lowest BCUT2D eigenvalue weighted by atomic mass is 10.0. The molecule has 0 aliphatic heterocycles. The Morgan fingerprint density at radius 2 is 1.53 bits per heavy atom. The molecule has 0 spiro atoms. The molecule has 1 unspecified atom stereocenters. The van der Waals surface area contributed by atoms with Crippen molar-refractivity contribution in [3.05, 3.63) is 107 Å². The van der Waals surface area contributed by atoms with E-state index in [4.69, 9.17) is 0 Å². The van der Waals surface area contributed by atoms with Gasteiger partial charge in [-0.2, -0.15) is 4.68 Å². The number of para-hydroxylation sites is 1. The van der Waals surface area contributed by atoms with Gasteiger partial charge in [-0.1, -0.05) is 79.7 Å². The molecule has 5 heteroatoms. The van der Waals surface area contributed by atoms with Gasteiger partial charge in [0.2, 0.25) is 0 Å². The quantitative estimate of drug-likeness (QED) is 0.451. The van der Waals surface area contributed by atoms with Crippen molar-refractivity contribution in [2.45, 2.75) is 32.9 Å². The van der Waals surface area contributed by atoms with Gasteiger partial charge in [0.25, 0.3) is 0 Å². The lowest BCUT2D eigenvalue weighted by Gasteiger charge is -2.28. The zero-order chi connectivity index (χ0) is 20.9. The van der Waals surface area contributed by atoms with Crippen LogP contribution in [0.5, 0.6) is 0 Å². The van der Waals surface area contributed by atoms with Gasteiger partial charge in [0.1, 0.15) is 0 Å². The van der Waals surface area contributed by atoms with Crippen molar-refractivity contribution in [3.8, 4) is 5.69 Å². The third-order valence-corrected chi connectivity index (χ3v) is 5.50. The van der Waals surface area contributed by atoms with E-state index in [1.165, 1.54) is 11.1 Å². The molecule has 0 saturated carbocycles. The van der Waals surface area contributed by atoms with Crippen LogP contribution in [0.4, 0.5) is 0 Å². The van der Waals surface area contributed by atoms with Gasteiger partial charge in [-0.05, 0) is 59.1 Å². The van der Waals surface area contributed by atoms with Crippen molar-refractivity contribution in [3.63, 3.8) is 0 Å². The van der Waals surface area contributed by atoms with Crippen LogP contribution < -0.4 is 0 Å². The summed E-state index contributed by atoms with van der Waals surface area (Å²) in [6.45, 7) is 5.06. The minimum atomic E-state index is -0.0772. The number of aromatic nitrogens is 4. The minimum Gasteiger partial charge on any atom is -0.288 e. The van der Waals surface area contributed by atoms with E-state index in [0.717, 1.165) is 35.6 Å². The van der Waals surface area contributed by atoms with Crippen LogP contribution in [0, 0.1) is 6.92 Å². The largest absolute Gasteiger partial charge is 0.288 e. The molecule has 4 aromatic rings. The molecule has 4 rings (SSSR count). The third kappa shape index (κ3) is 4.16. The molecule has 0 aliphatic rings. The van der Waals surface area contributed by atoms with Crippen LogP contribution in [0.2, 0.25) is 0 Å². The van der Waals surface area contributed by atoms with Gasteiger partial charge in [0, 0.05) is 6.54 Å². The number of tetrazole rings is 1. The average molecular weight is 398 g/mol. The van der Waals surface area contributed by atoms with E-state index in [-0.39, 0.29) is 6.04 Å². The van der Waals surface area contributed by atoms with Gasteiger partial charge in [-0.25, -0.2) is 0 Å². The van der Waals surface area contributed by atoms with Crippen molar-refractivity contribution < 1.29 is 0 Å². The summed E-state index contributed by atoms with van der Waals surface area (Å²) in [5.41, 5.74) is 5.92. The first kappa shape index (κ1) is 20.0. The van der Waals surface area contributed by atoms with Gasteiger partial charge in [-0.3, -0.25) is 4.90 Å². The van der Waals surface area contributed by atoms with Gasteiger partial charge in [0.15, 0.2) is 5.82 Å². The van der Waals surface area contributed by atoms with Crippen molar-refractivity contribution in [2.75, 3.05) is 7.05 Å². The molecular weight excluding hydrogens is 370 g/mol. The zero-order valence-electron chi connectivity index (χ0n) is 17.7. The summed E-state index contributed by atoms with van der Waals surface area (Å²) < 4.78 is 1.86. The number of rotatable bonds is 7. The minimum absolute atomic E-state index is 0.0772. The highest BCUT2D eigenvalue weighted by Gasteiger charge is 2.26. The molecule has 0 amide bonds. The maximum atomic E-state index is 4.46. The Morgan fingerprint density at radius 3 is 2.23 bits per heavy atom. The fourth-order valence-corrected chi connectivity index (χ4v) is 3.83. The molecule has 0 fully saturated rings. The molecule has 30 heavy (non-hydrogen) atoms. The Morgan fingerprint density at radius 1 is 0.867 bits per heavy atom. The van der Waals surface area contributed by atoms with E-state index in [1.54, 1.807) is 0 Å². The zero-order valence-corrected chi connectivity index (χ0v) is 17.7. The topological polar surface area (TPSA) is 46.8 Å². The summed E-state index contributed by atoms with van der Waals surface area (Å²) in [6.07, 6.45) is 1.05. The van der Waals surface area contributed by atoms with E-state index >= 15 is 0 Å². The molecule has 0 radical (unpaired) electrons. The first-order valence-electron chi connectivity index (χ1n) is 10.3. The fraction of sp³-hybridized carbons (Fsp3) is 0.240. The van der Waals surface area contributed by atoms with Gasteiger partial charge in [0.05, 0.1) is 11.7 Å². The fourth-order valence-electron chi connectivity index (χ4n) is 3.83. The highest BCUT2D eigenvalue weighted by Crippen LogP contribution is 2.29. The van der Waals surface area contributed by atoms with E-state index in [1.807, 2.05) is 22.9 Å². The van der Waals surface area contributed by atoms with Crippen LogP contribution in [0.1, 0.15) is 41.0 Å². The van der Waals surface area contributed by atoms with E-state index < -0.39 is 0 Å². The molecular formula is C25H27N5. The van der Waals surface area contributed by atoms with Crippen LogP contribution in [-0.2, 0) is 13.0 Å². The maximum Gasteiger partial charge on any atom is 0.178 e. The van der Waals surface area contributed by atoms with E-state index in [2.05, 4.69) is 102 Å². The number of hydrogen-bond donors (Lipinski definition) is 0. The van der Waals surface area contributed by atoms with Crippen LogP contribution in [0.3, 0.4) is 0 Å². The predicted molar refractivity (Wildman–Crippen MR) is 119 cm³/mol. The molecule has 0 saturated heterocycles. The Hall–Kier alpha value is -3.31. The third-order valence-electron chi connectivity index (χ3n) is 5.50. The van der Waals surface area contributed by atoms with Gasteiger partial charge < -0.3 is 0 Å². The van der Waals surface area contributed by atoms with Crippen molar-refractivity contribution >= 4 is 0 Å². The van der Waals surface area contributed by atoms with Gasteiger partial charge >= 0.3 is 0 Å². The van der Waals surface area contributed by atoms with Crippen molar-refractivity contribution in [1.82, 2.24) is 25.1 Å². The summed E-state index contributed by atoms with van der Waals surface area (Å²) in [6, 6.07) is 27.4. The van der Waals surface area contributed by atoms with Crippen LogP contribution in [0.15, 0.2) is 78.9 Å². The highest BCUT2D eigenvalue weighted by atomic mass is 15.6. The highest BCUT2D eigenvalue weighted by molar-refractivity contribution is 5.40. The molecule has 5 nitrogen and oxygen atoms in total. The average Bonchev–Trinajstić information content (AvgIpc) is 3.24. The summed E-state index contributed by atoms with van der Waals surface area (Å²) in [5, 5.41) is 12.8. The van der Waals surface area contributed by atoms with E-state index in [0.29, 0.717) is 0 Å². The van der Waals surface area contributed by atoms with E-state index in [9.17, 15) is 0 Å². The van der Waals surface area contributed by atoms with Crippen LogP contribution >= 0.6 is 0 Å². The maximum absolute atomic E-state index is 4.46. The lowest BCUT2D eigenvalue weighted by Crippen LogP contribution is -2.28. The Bertz CT molecular complexity index is 1090. The normalized spacial score (nSPS) is 12.3. The van der Waals surface area contributed by atoms with Crippen LogP contribution in [-0.4, -0.2) is 32.2 Å². The summed E-state index contributed by atoms with van der Waals surface area (Å²) in [5.74, 6) is 0.808. The molecule has 1 atom stereocenters. The first-order chi connectivity index (χ1) is 14.7.